The van der Waals surface area contributed by atoms with Crippen molar-refractivity contribution in [2.75, 3.05) is 13.1 Å². The Balaban J connectivity index is 0.000001000. The molecule has 11 heavy (non-hydrogen) atoms. The van der Waals surface area contributed by atoms with Gasteiger partial charge in [-0.05, 0) is 12.8 Å². The average Bonchev–Trinajstić information content (AvgIpc) is 2.38. The summed E-state index contributed by atoms with van der Waals surface area (Å²) in [5.41, 5.74) is 0. The maximum atomic E-state index is 10.9. The summed E-state index contributed by atoms with van der Waals surface area (Å²) in [7, 11) is 0. The van der Waals surface area contributed by atoms with Crippen LogP contribution in [0.4, 0.5) is 0 Å². The molecule has 0 unspecified atom stereocenters. The van der Waals surface area contributed by atoms with E-state index in [-0.39, 0.29) is 41.9 Å². The fourth-order valence-electron chi connectivity index (χ4n) is 1.15. The number of nitriles is 1. The second-order valence-corrected chi connectivity index (χ2v) is 2.42. The second-order valence-electron chi connectivity index (χ2n) is 2.42. The van der Waals surface area contributed by atoms with Crippen LogP contribution in [0.2, 0.25) is 0 Å². The predicted octanol–water partition coefficient (Wildman–Crippen LogP) is -0.126. The van der Waals surface area contributed by atoms with Gasteiger partial charge in [0, 0.05) is 13.1 Å². The summed E-state index contributed by atoms with van der Waals surface area (Å²) >= 11 is 0. The van der Waals surface area contributed by atoms with E-state index < -0.39 is 0 Å². The van der Waals surface area contributed by atoms with Crippen molar-refractivity contribution >= 4 is 35.5 Å². The molecule has 0 atom stereocenters. The number of nitrogens with zero attached hydrogens (tertiary/aromatic N) is 2. The number of rotatable bonds is 1. The van der Waals surface area contributed by atoms with Crippen LogP contribution in [0, 0.1) is 11.3 Å². The quantitative estimate of drug-likeness (QED) is 0.504. The molecule has 0 aromatic rings. The van der Waals surface area contributed by atoms with Crippen LogP contribution in [0.5, 0.6) is 0 Å². The van der Waals surface area contributed by atoms with Crippen molar-refractivity contribution in [3.05, 3.63) is 0 Å². The molecule has 1 fully saturated rings. The van der Waals surface area contributed by atoms with Crippen molar-refractivity contribution in [2.24, 2.45) is 0 Å². The monoisotopic (exact) mass is 162 g/mol. The van der Waals surface area contributed by atoms with Crippen LogP contribution in [-0.4, -0.2) is 53.5 Å². The van der Waals surface area contributed by atoms with Gasteiger partial charge in [-0.15, -0.1) is 0 Å². The molecule has 0 aliphatic carbocycles. The molecule has 56 valence electrons. The third-order valence-corrected chi connectivity index (χ3v) is 1.69. The summed E-state index contributed by atoms with van der Waals surface area (Å²) in [5, 5.41) is 8.20. The van der Waals surface area contributed by atoms with Crippen LogP contribution in [-0.2, 0) is 4.79 Å². The molecule has 3 nitrogen and oxygen atoms in total. The molecule has 0 spiro atoms. The van der Waals surface area contributed by atoms with Crippen molar-refractivity contribution in [3.8, 4) is 6.07 Å². The molecule has 1 heterocycles. The summed E-state index contributed by atoms with van der Waals surface area (Å²) in [4.78, 5) is 12.7. The molecule has 1 aliphatic heterocycles. The van der Waals surface area contributed by atoms with Crippen molar-refractivity contribution in [1.29, 1.82) is 5.26 Å². The van der Waals surface area contributed by atoms with Gasteiger partial charge in [0.15, 0.2) is 0 Å². The topological polar surface area (TPSA) is 44.1 Å². The molecule has 0 bridgehead atoms. The molecule has 0 radical (unpaired) electrons. The van der Waals surface area contributed by atoms with E-state index in [1.54, 1.807) is 4.90 Å². The molecule has 1 amide bonds. The molecule has 1 rings (SSSR count). The van der Waals surface area contributed by atoms with Gasteiger partial charge in [-0.2, -0.15) is 5.26 Å². The van der Waals surface area contributed by atoms with Crippen LogP contribution in [0.3, 0.4) is 0 Å². The zero-order valence-corrected chi connectivity index (χ0v) is 5.84. The molecular weight excluding hydrogens is 151 g/mol. The Hall–Kier alpha value is -0.0400. The number of amides is 1. The first-order valence-electron chi connectivity index (χ1n) is 3.49. The summed E-state index contributed by atoms with van der Waals surface area (Å²) < 4.78 is 0. The van der Waals surface area contributed by atoms with E-state index in [1.807, 2.05) is 6.07 Å². The van der Waals surface area contributed by atoms with E-state index in [4.69, 9.17) is 5.26 Å². The number of hydrogen-bond acceptors (Lipinski definition) is 2. The fourth-order valence-corrected chi connectivity index (χ4v) is 1.15. The average molecular weight is 162 g/mol. The van der Waals surface area contributed by atoms with Crippen molar-refractivity contribution in [2.45, 2.75) is 19.3 Å². The maximum absolute atomic E-state index is 10.9. The third kappa shape index (κ3) is 3.24. The van der Waals surface area contributed by atoms with Gasteiger partial charge >= 0.3 is 29.6 Å². The minimum atomic E-state index is -0.0139. The standard InChI is InChI=1S/C7H10N2O.Na.H/c8-4-3-7(10)9-5-1-2-6-9;;/h1-3,5-6H2;;. The van der Waals surface area contributed by atoms with Gasteiger partial charge in [-0.1, -0.05) is 0 Å². The number of carbonyl (C=O) groups excluding carboxylic acids is 1. The minimum absolute atomic E-state index is 0. The van der Waals surface area contributed by atoms with Crippen molar-refractivity contribution < 1.29 is 4.79 Å². The number of carbonyl (C=O) groups is 1. The third-order valence-electron chi connectivity index (χ3n) is 1.69. The van der Waals surface area contributed by atoms with E-state index in [2.05, 4.69) is 0 Å². The first-order valence-corrected chi connectivity index (χ1v) is 3.49. The van der Waals surface area contributed by atoms with Gasteiger partial charge in [-0.25, -0.2) is 0 Å². The van der Waals surface area contributed by atoms with Crippen LogP contribution < -0.4 is 0 Å². The molecule has 0 aromatic carbocycles. The first kappa shape index (κ1) is 11.0. The Labute approximate surface area is 88.7 Å². The molecule has 0 saturated carbocycles. The van der Waals surface area contributed by atoms with Gasteiger partial charge in [0.25, 0.3) is 0 Å². The summed E-state index contributed by atoms with van der Waals surface area (Å²) in [6.07, 6.45) is 2.23. The first-order chi connectivity index (χ1) is 4.84. The Kier molecular flexibility index (Phi) is 5.57. The fraction of sp³-hybridized carbons (Fsp3) is 0.714. The van der Waals surface area contributed by atoms with Crippen LogP contribution in [0.1, 0.15) is 19.3 Å². The van der Waals surface area contributed by atoms with Gasteiger partial charge in [-0.3, -0.25) is 4.79 Å². The van der Waals surface area contributed by atoms with E-state index in [0.29, 0.717) is 0 Å². The van der Waals surface area contributed by atoms with Crippen molar-refractivity contribution in [1.82, 2.24) is 4.90 Å². The van der Waals surface area contributed by atoms with Crippen LogP contribution in [0.15, 0.2) is 0 Å². The Morgan fingerprint density at radius 2 is 2.00 bits per heavy atom. The van der Waals surface area contributed by atoms with E-state index >= 15 is 0 Å². The van der Waals surface area contributed by atoms with Crippen molar-refractivity contribution in [3.63, 3.8) is 0 Å². The predicted molar refractivity (Wildman–Crippen MR) is 43.2 cm³/mol. The number of likely N-dealkylation sites (tertiary alicyclic amines) is 1. The molecule has 4 heteroatoms. The Morgan fingerprint density at radius 3 is 2.45 bits per heavy atom. The Morgan fingerprint density at radius 1 is 1.45 bits per heavy atom. The van der Waals surface area contributed by atoms with Crippen LogP contribution >= 0.6 is 0 Å². The second kappa shape index (κ2) is 5.59. The summed E-state index contributed by atoms with van der Waals surface area (Å²) in [6, 6.07) is 1.85. The normalized spacial score (nSPS) is 15.4. The zero-order chi connectivity index (χ0) is 7.40. The molecule has 1 aliphatic rings. The van der Waals surface area contributed by atoms with Gasteiger partial charge in [0.2, 0.25) is 5.91 Å². The molecule has 0 N–H and O–H groups in total. The Bertz CT molecular complexity index is 170. The van der Waals surface area contributed by atoms with Gasteiger partial charge in [0.1, 0.15) is 6.42 Å². The van der Waals surface area contributed by atoms with Gasteiger partial charge < -0.3 is 4.90 Å². The molecule has 0 aromatic heterocycles. The van der Waals surface area contributed by atoms with Gasteiger partial charge in [0.05, 0.1) is 6.07 Å². The van der Waals surface area contributed by atoms with E-state index in [1.165, 1.54) is 0 Å². The van der Waals surface area contributed by atoms with E-state index in [9.17, 15) is 4.79 Å². The summed E-state index contributed by atoms with van der Waals surface area (Å²) in [5.74, 6) is -0.0139. The molecule has 1 saturated heterocycles. The van der Waals surface area contributed by atoms with E-state index in [0.717, 1.165) is 25.9 Å². The zero-order valence-electron chi connectivity index (χ0n) is 5.84. The summed E-state index contributed by atoms with van der Waals surface area (Å²) in [6.45, 7) is 1.70. The number of hydrogen-bond donors (Lipinski definition) is 0. The van der Waals surface area contributed by atoms with Crippen LogP contribution in [0.25, 0.3) is 0 Å². The molecular formula is C7H11N2NaO. The SMILES string of the molecule is N#CCC(=O)N1CCCC1.[NaH].